The molecule has 3 aromatic rings. The molecule has 0 saturated heterocycles. The molecule has 0 aliphatic rings. The van der Waals surface area contributed by atoms with Crippen LogP contribution in [-0.4, -0.2) is 24.5 Å². The number of nitrogens with one attached hydrogen (secondary N) is 2. The Labute approximate surface area is 168 Å². The summed E-state index contributed by atoms with van der Waals surface area (Å²) in [6, 6.07) is 14.9. The second-order valence-corrected chi connectivity index (χ2v) is 6.25. The van der Waals surface area contributed by atoms with E-state index in [0.717, 1.165) is 5.56 Å². The Kier molecular flexibility index (Phi) is 7.10. The minimum atomic E-state index is -0.462. The van der Waals surface area contributed by atoms with Gasteiger partial charge in [0, 0.05) is 26.3 Å². The van der Waals surface area contributed by atoms with Crippen LogP contribution in [0.5, 0.6) is 11.5 Å². The fourth-order valence-corrected chi connectivity index (χ4v) is 2.69. The molecule has 0 amide bonds. The van der Waals surface area contributed by atoms with Crippen molar-refractivity contribution in [3.8, 4) is 11.5 Å². The highest BCUT2D eigenvalue weighted by Gasteiger charge is 2.07. The molecule has 3 rings (SSSR count). The standard InChI is InChI=1S/C22H22F2N4O/c1-25-22(27-12-10-17-5-2-3-7-19(17)23)28-14-16-8-9-21(20(24)13-16)29-18-6-4-11-26-15-18/h2-9,11,13,15H,10,12,14H2,1H3,(H2,25,27,28). The van der Waals surface area contributed by atoms with Crippen molar-refractivity contribution in [3.05, 3.63) is 89.8 Å². The summed E-state index contributed by atoms with van der Waals surface area (Å²) in [5.74, 6) is 0.472. The predicted octanol–water partition coefficient (Wildman–Crippen LogP) is 4.06. The quantitative estimate of drug-likeness (QED) is 0.467. The molecule has 29 heavy (non-hydrogen) atoms. The van der Waals surface area contributed by atoms with Crippen molar-refractivity contribution >= 4 is 5.96 Å². The van der Waals surface area contributed by atoms with Crippen molar-refractivity contribution in [2.24, 2.45) is 4.99 Å². The van der Waals surface area contributed by atoms with Gasteiger partial charge in [-0.15, -0.1) is 0 Å². The minimum Gasteiger partial charge on any atom is -0.453 e. The molecule has 2 N–H and O–H groups in total. The van der Waals surface area contributed by atoms with Crippen LogP contribution in [0.25, 0.3) is 0 Å². The Balaban J connectivity index is 1.50. The molecule has 0 unspecified atom stereocenters. The van der Waals surface area contributed by atoms with Crippen LogP contribution in [0.15, 0.2) is 72.0 Å². The van der Waals surface area contributed by atoms with Crippen LogP contribution in [-0.2, 0) is 13.0 Å². The highest BCUT2D eigenvalue weighted by molar-refractivity contribution is 5.79. The average Bonchev–Trinajstić information content (AvgIpc) is 2.74. The molecule has 0 spiro atoms. The normalized spacial score (nSPS) is 11.2. The van der Waals surface area contributed by atoms with Crippen molar-refractivity contribution in [2.45, 2.75) is 13.0 Å². The molecule has 2 aromatic carbocycles. The first-order chi connectivity index (χ1) is 14.2. The number of guanidine groups is 1. The third kappa shape index (κ3) is 6.00. The smallest absolute Gasteiger partial charge is 0.191 e. The van der Waals surface area contributed by atoms with E-state index in [1.807, 2.05) is 6.07 Å². The number of aliphatic imine (C=N–C) groups is 1. The van der Waals surface area contributed by atoms with Gasteiger partial charge in [0.05, 0.1) is 6.20 Å². The predicted molar refractivity (Wildman–Crippen MR) is 109 cm³/mol. The van der Waals surface area contributed by atoms with Crippen molar-refractivity contribution in [1.29, 1.82) is 0 Å². The summed E-state index contributed by atoms with van der Waals surface area (Å²) in [5.41, 5.74) is 1.37. The summed E-state index contributed by atoms with van der Waals surface area (Å²) in [7, 11) is 1.64. The van der Waals surface area contributed by atoms with Gasteiger partial charge in [0.2, 0.25) is 0 Å². The maximum atomic E-state index is 14.3. The Morgan fingerprint density at radius 1 is 1.03 bits per heavy atom. The van der Waals surface area contributed by atoms with Gasteiger partial charge in [0.1, 0.15) is 11.6 Å². The summed E-state index contributed by atoms with van der Waals surface area (Å²) >= 11 is 0. The van der Waals surface area contributed by atoms with Gasteiger partial charge < -0.3 is 15.4 Å². The monoisotopic (exact) mass is 396 g/mol. The number of hydrogen-bond donors (Lipinski definition) is 2. The van der Waals surface area contributed by atoms with E-state index >= 15 is 0 Å². The second-order valence-electron chi connectivity index (χ2n) is 6.25. The van der Waals surface area contributed by atoms with E-state index < -0.39 is 5.82 Å². The topological polar surface area (TPSA) is 58.5 Å². The molecule has 7 heteroatoms. The number of rotatable bonds is 7. The fraction of sp³-hybridized carbons (Fsp3) is 0.182. The Hall–Kier alpha value is -3.48. The lowest BCUT2D eigenvalue weighted by Gasteiger charge is -2.13. The molecule has 0 fully saturated rings. The number of benzene rings is 2. The molecule has 1 heterocycles. The summed E-state index contributed by atoms with van der Waals surface area (Å²) in [6.45, 7) is 0.899. The maximum absolute atomic E-state index is 14.3. The van der Waals surface area contributed by atoms with Crippen LogP contribution in [0.1, 0.15) is 11.1 Å². The van der Waals surface area contributed by atoms with Crippen LogP contribution in [0.4, 0.5) is 8.78 Å². The SMILES string of the molecule is CN=C(NCCc1ccccc1F)NCc1ccc(Oc2cccnc2)c(F)c1. The molecular weight excluding hydrogens is 374 g/mol. The van der Waals surface area contributed by atoms with Gasteiger partial charge in [-0.3, -0.25) is 9.98 Å². The van der Waals surface area contributed by atoms with Gasteiger partial charge in [-0.2, -0.15) is 0 Å². The highest BCUT2D eigenvalue weighted by atomic mass is 19.1. The van der Waals surface area contributed by atoms with E-state index in [1.54, 1.807) is 49.6 Å². The van der Waals surface area contributed by atoms with Gasteiger partial charge in [-0.05, 0) is 47.9 Å². The largest absolute Gasteiger partial charge is 0.453 e. The molecule has 0 radical (unpaired) electrons. The van der Waals surface area contributed by atoms with Crippen LogP contribution in [0.3, 0.4) is 0 Å². The minimum absolute atomic E-state index is 0.133. The summed E-state index contributed by atoms with van der Waals surface area (Å²) in [5, 5.41) is 6.23. The van der Waals surface area contributed by atoms with E-state index in [2.05, 4.69) is 20.6 Å². The molecule has 1 aromatic heterocycles. The van der Waals surface area contributed by atoms with Gasteiger partial charge in [-0.25, -0.2) is 8.78 Å². The Morgan fingerprint density at radius 3 is 2.62 bits per heavy atom. The zero-order valence-electron chi connectivity index (χ0n) is 16.0. The van der Waals surface area contributed by atoms with Crippen molar-refractivity contribution in [1.82, 2.24) is 15.6 Å². The van der Waals surface area contributed by atoms with E-state index in [9.17, 15) is 8.78 Å². The van der Waals surface area contributed by atoms with Crippen molar-refractivity contribution in [3.63, 3.8) is 0 Å². The zero-order valence-corrected chi connectivity index (χ0v) is 16.0. The van der Waals surface area contributed by atoms with Crippen molar-refractivity contribution in [2.75, 3.05) is 13.6 Å². The third-order valence-electron chi connectivity index (χ3n) is 4.19. The number of hydrogen-bond acceptors (Lipinski definition) is 3. The molecule has 0 aliphatic heterocycles. The molecule has 0 aliphatic carbocycles. The lowest BCUT2D eigenvalue weighted by molar-refractivity contribution is 0.440. The Bertz CT molecular complexity index is 964. The lowest BCUT2D eigenvalue weighted by Crippen LogP contribution is -2.37. The van der Waals surface area contributed by atoms with Crippen LogP contribution in [0, 0.1) is 11.6 Å². The molecular formula is C22H22F2N4O. The van der Waals surface area contributed by atoms with E-state index in [1.165, 1.54) is 18.3 Å². The lowest BCUT2D eigenvalue weighted by atomic mass is 10.1. The Morgan fingerprint density at radius 2 is 1.90 bits per heavy atom. The van der Waals surface area contributed by atoms with Gasteiger partial charge in [0.15, 0.2) is 17.5 Å². The first kappa shape index (κ1) is 20.3. The van der Waals surface area contributed by atoms with Gasteiger partial charge in [-0.1, -0.05) is 24.3 Å². The first-order valence-corrected chi connectivity index (χ1v) is 9.20. The number of nitrogens with zero attached hydrogens (tertiary/aromatic N) is 2. The number of ether oxygens (including phenoxy) is 1. The second kappa shape index (κ2) is 10.2. The fourth-order valence-electron chi connectivity index (χ4n) is 2.69. The van der Waals surface area contributed by atoms with Gasteiger partial charge >= 0.3 is 0 Å². The van der Waals surface area contributed by atoms with Crippen LogP contribution >= 0.6 is 0 Å². The summed E-state index contributed by atoms with van der Waals surface area (Å²) in [6.07, 6.45) is 3.67. The summed E-state index contributed by atoms with van der Waals surface area (Å²) < 4.78 is 33.5. The number of aromatic nitrogens is 1. The molecule has 0 atom stereocenters. The third-order valence-corrected chi connectivity index (χ3v) is 4.19. The number of halogens is 2. The first-order valence-electron chi connectivity index (χ1n) is 9.20. The van der Waals surface area contributed by atoms with E-state index in [4.69, 9.17) is 4.74 Å². The highest BCUT2D eigenvalue weighted by Crippen LogP contribution is 2.24. The molecule has 150 valence electrons. The van der Waals surface area contributed by atoms with Crippen LogP contribution < -0.4 is 15.4 Å². The van der Waals surface area contributed by atoms with E-state index in [0.29, 0.717) is 36.8 Å². The van der Waals surface area contributed by atoms with Gasteiger partial charge in [0.25, 0.3) is 0 Å². The van der Waals surface area contributed by atoms with Crippen LogP contribution in [0.2, 0.25) is 0 Å². The average molecular weight is 396 g/mol. The maximum Gasteiger partial charge on any atom is 0.191 e. The molecule has 0 saturated carbocycles. The molecule has 5 nitrogen and oxygen atoms in total. The van der Waals surface area contributed by atoms with Crippen molar-refractivity contribution < 1.29 is 13.5 Å². The van der Waals surface area contributed by atoms with E-state index in [-0.39, 0.29) is 11.6 Å². The number of pyridine rings is 1. The summed E-state index contributed by atoms with van der Waals surface area (Å²) in [4.78, 5) is 8.06. The molecule has 0 bridgehead atoms. The zero-order chi connectivity index (χ0) is 20.5.